The van der Waals surface area contributed by atoms with Crippen LogP contribution in [0.15, 0.2) is 0 Å². The van der Waals surface area contributed by atoms with E-state index in [9.17, 15) is 4.79 Å². The van der Waals surface area contributed by atoms with Crippen LogP contribution in [-0.2, 0) is 9.53 Å². The molecule has 1 aliphatic heterocycles. The number of amides is 1. The zero-order valence-corrected chi connectivity index (χ0v) is 12.5. The van der Waals surface area contributed by atoms with Gasteiger partial charge in [-0.3, -0.25) is 4.79 Å². The van der Waals surface area contributed by atoms with Crippen LogP contribution < -0.4 is 5.32 Å². The van der Waals surface area contributed by atoms with E-state index in [2.05, 4.69) is 19.2 Å². The van der Waals surface area contributed by atoms with E-state index in [-0.39, 0.29) is 5.92 Å². The van der Waals surface area contributed by atoms with E-state index < -0.39 is 0 Å². The zero-order valence-electron chi connectivity index (χ0n) is 12.5. The van der Waals surface area contributed by atoms with Crippen molar-refractivity contribution in [3.8, 4) is 0 Å². The van der Waals surface area contributed by atoms with Crippen molar-refractivity contribution in [1.82, 2.24) is 5.32 Å². The van der Waals surface area contributed by atoms with Gasteiger partial charge < -0.3 is 10.1 Å². The topological polar surface area (TPSA) is 38.3 Å². The van der Waals surface area contributed by atoms with Gasteiger partial charge in [-0.15, -0.1) is 0 Å². The molecule has 0 bridgehead atoms. The molecule has 0 aromatic rings. The summed E-state index contributed by atoms with van der Waals surface area (Å²) in [6.07, 6.45) is 9.30. The molecule has 0 radical (unpaired) electrons. The molecule has 1 heterocycles. The van der Waals surface area contributed by atoms with Gasteiger partial charge in [0.1, 0.15) is 0 Å². The second kappa shape index (κ2) is 7.28. The molecule has 3 nitrogen and oxygen atoms in total. The van der Waals surface area contributed by atoms with E-state index in [0.717, 1.165) is 32.3 Å². The van der Waals surface area contributed by atoms with Gasteiger partial charge in [-0.05, 0) is 31.6 Å². The van der Waals surface area contributed by atoms with Crippen LogP contribution in [0.4, 0.5) is 0 Å². The monoisotopic (exact) mass is 267 g/mol. The molecule has 2 atom stereocenters. The predicted octanol–water partition coefficient (Wildman–Crippen LogP) is 3.28. The van der Waals surface area contributed by atoms with Gasteiger partial charge >= 0.3 is 0 Å². The van der Waals surface area contributed by atoms with E-state index >= 15 is 0 Å². The maximum atomic E-state index is 12.2. The summed E-state index contributed by atoms with van der Waals surface area (Å²) in [4.78, 5) is 12.2. The molecule has 2 fully saturated rings. The van der Waals surface area contributed by atoms with Crippen molar-refractivity contribution in [2.75, 3.05) is 6.61 Å². The number of ether oxygens (including phenoxy) is 1. The van der Waals surface area contributed by atoms with Crippen molar-refractivity contribution in [3.05, 3.63) is 0 Å². The van der Waals surface area contributed by atoms with Crippen molar-refractivity contribution in [2.45, 2.75) is 77.4 Å². The molecule has 0 aromatic heterocycles. The fraction of sp³-hybridized carbons (Fsp3) is 0.938. The van der Waals surface area contributed by atoms with Gasteiger partial charge in [-0.2, -0.15) is 0 Å². The first-order valence-electron chi connectivity index (χ1n) is 8.16. The van der Waals surface area contributed by atoms with E-state index in [4.69, 9.17) is 4.74 Å². The Bertz CT molecular complexity index is 282. The first-order chi connectivity index (χ1) is 9.24. The summed E-state index contributed by atoms with van der Waals surface area (Å²) >= 11 is 0. The molecule has 0 aromatic carbocycles. The Morgan fingerprint density at radius 2 is 1.89 bits per heavy atom. The minimum Gasteiger partial charge on any atom is -0.378 e. The van der Waals surface area contributed by atoms with Gasteiger partial charge in [0.15, 0.2) is 0 Å². The van der Waals surface area contributed by atoms with E-state index in [1.807, 2.05) is 0 Å². The van der Waals surface area contributed by atoms with Crippen LogP contribution in [0.5, 0.6) is 0 Å². The Morgan fingerprint density at radius 3 is 2.53 bits per heavy atom. The summed E-state index contributed by atoms with van der Waals surface area (Å²) in [6, 6.07) is 0.340. The van der Waals surface area contributed by atoms with E-state index in [0.29, 0.717) is 24.0 Å². The summed E-state index contributed by atoms with van der Waals surface area (Å²) < 4.78 is 5.91. The molecular formula is C16H29NO2. The van der Waals surface area contributed by atoms with Crippen LogP contribution in [0.25, 0.3) is 0 Å². The maximum Gasteiger partial charge on any atom is 0.223 e. The molecule has 2 rings (SSSR count). The average molecular weight is 267 g/mol. The van der Waals surface area contributed by atoms with Crippen molar-refractivity contribution < 1.29 is 9.53 Å². The smallest absolute Gasteiger partial charge is 0.223 e. The van der Waals surface area contributed by atoms with Crippen LogP contribution in [0.2, 0.25) is 0 Å². The molecule has 0 spiro atoms. The zero-order chi connectivity index (χ0) is 13.7. The molecule has 110 valence electrons. The Morgan fingerprint density at radius 1 is 1.21 bits per heavy atom. The Labute approximate surface area is 117 Å². The lowest BCUT2D eigenvalue weighted by molar-refractivity contribution is -0.127. The second-order valence-electron chi connectivity index (χ2n) is 6.20. The van der Waals surface area contributed by atoms with Gasteiger partial charge in [0.25, 0.3) is 0 Å². The number of rotatable bonds is 5. The molecule has 2 unspecified atom stereocenters. The maximum absolute atomic E-state index is 12.2. The molecule has 1 amide bonds. The Kier molecular flexibility index (Phi) is 5.68. The number of carbonyl (C=O) groups excluding carboxylic acids is 1. The third kappa shape index (κ3) is 3.95. The van der Waals surface area contributed by atoms with Gasteiger partial charge in [0, 0.05) is 18.6 Å². The highest BCUT2D eigenvalue weighted by Gasteiger charge is 2.30. The highest BCUT2D eigenvalue weighted by Crippen LogP contribution is 2.27. The lowest BCUT2D eigenvalue weighted by atomic mass is 9.89. The quantitative estimate of drug-likeness (QED) is 0.830. The summed E-state index contributed by atoms with van der Waals surface area (Å²) in [7, 11) is 0. The third-order valence-corrected chi connectivity index (χ3v) is 4.96. The highest BCUT2D eigenvalue weighted by atomic mass is 16.5. The normalized spacial score (nSPS) is 28.8. The van der Waals surface area contributed by atoms with E-state index in [1.165, 1.54) is 25.7 Å². The summed E-state index contributed by atoms with van der Waals surface area (Å²) in [5, 5.41) is 3.27. The predicted molar refractivity (Wildman–Crippen MR) is 76.9 cm³/mol. The largest absolute Gasteiger partial charge is 0.378 e. The molecule has 1 saturated heterocycles. The summed E-state index contributed by atoms with van der Waals surface area (Å²) in [6.45, 7) is 5.27. The number of hydrogen-bond acceptors (Lipinski definition) is 2. The molecule has 19 heavy (non-hydrogen) atoms. The second-order valence-corrected chi connectivity index (χ2v) is 6.20. The van der Waals surface area contributed by atoms with Crippen LogP contribution in [-0.4, -0.2) is 24.7 Å². The SMILES string of the molecule is CCC(CC)C1CC(NC(=O)C2CCCC2)CCO1. The fourth-order valence-electron chi connectivity index (χ4n) is 3.61. The molecule has 2 aliphatic rings. The molecule has 3 heteroatoms. The van der Waals surface area contributed by atoms with Crippen molar-refractivity contribution in [1.29, 1.82) is 0 Å². The lowest BCUT2D eigenvalue weighted by Gasteiger charge is -2.34. The Balaban J connectivity index is 1.81. The molecule has 1 saturated carbocycles. The number of nitrogens with one attached hydrogen (secondary N) is 1. The van der Waals surface area contributed by atoms with Crippen LogP contribution >= 0.6 is 0 Å². The standard InChI is InChI=1S/C16H29NO2/c1-3-12(4-2)15-11-14(9-10-19-15)17-16(18)13-7-5-6-8-13/h12-15H,3-11H2,1-2H3,(H,17,18). The number of hydrogen-bond donors (Lipinski definition) is 1. The number of carbonyl (C=O) groups is 1. The van der Waals surface area contributed by atoms with Gasteiger partial charge in [-0.25, -0.2) is 0 Å². The van der Waals surface area contributed by atoms with Gasteiger partial charge in [0.05, 0.1) is 6.10 Å². The molecule has 1 aliphatic carbocycles. The summed E-state index contributed by atoms with van der Waals surface area (Å²) in [5.41, 5.74) is 0. The fourth-order valence-corrected chi connectivity index (χ4v) is 3.61. The highest BCUT2D eigenvalue weighted by molar-refractivity contribution is 5.79. The lowest BCUT2D eigenvalue weighted by Crippen LogP contribution is -2.45. The van der Waals surface area contributed by atoms with Crippen LogP contribution in [0.3, 0.4) is 0 Å². The van der Waals surface area contributed by atoms with E-state index in [1.54, 1.807) is 0 Å². The van der Waals surface area contributed by atoms with Crippen molar-refractivity contribution in [2.24, 2.45) is 11.8 Å². The molecule has 1 N–H and O–H groups in total. The van der Waals surface area contributed by atoms with Crippen molar-refractivity contribution in [3.63, 3.8) is 0 Å². The van der Waals surface area contributed by atoms with Crippen molar-refractivity contribution >= 4 is 5.91 Å². The Hall–Kier alpha value is -0.570. The first kappa shape index (κ1) is 14.8. The summed E-state index contributed by atoms with van der Waals surface area (Å²) in [5.74, 6) is 1.23. The van der Waals surface area contributed by atoms with Gasteiger partial charge in [0.2, 0.25) is 5.91 Å². The third-order valence-electron chi connectivity index (χ3n) is 4.96. The minimum absolute atomic E-state index is 0.287. The van der Waals surface area contributed by atoms with Gasteiger partial charge in [-0.1, -0.05) is 39.5 Å². The first-order valence-corrected chi connectivity index (χ1v) is 8.16. The molecular weight excluding hydrogens is 238 g/mol. The van der Waals surface area contributed by atoms with Crippen LogP contribution in [0, 0.1) is 11.8 Å². The average Bonchev–Trinajstić information content (AvgIpc) is 2.94. The minimum atomic E-state index is 0.287. The van der Waals surface area contributed by atoms with Crippen LogP contribution in [0.1, 0.15) is 65.2 Å².